The molecule has 0 radical (unpaired) electrons. The van der Waals surface area contributed by atoms with Crippen molar-refractivity contribution in [3.8, 4) is 11.5 Å². The minimum Gasteiger partial charge on any atom is -0.508 e. The summed E-state index contributed by atoms with van der Waals surface area (Å²) < 4.78 is 9.41. The summed E-state index contributed by atoms with van der Waals surface area (Å²) in [4.78, 5) is 22.2. The molecule has 0 saturated carbocycles. The molecule has 0 spiro atoms. The van der Waals surface area contributed by atoms with Crippen molar-refractivity contribution < 1.29 is 24.2 Å². The highest BCUT2D eigenvalue weighted by Gasteiger charge is 2.10. The van der Waals surface area contributed by atoms with E-state index in [1.165, 1.54) is 31.2 Å². The molecule has 0 saturated heterocycles. The molecule has 90 valence electrons. The molecule has 0 amide bonds. The molecule has 0 unspecified atom stereocenters. The van der Waals surface area contributed by atoms with Crippen molar-refractivity contribution >= 4 is 11.9 Å². The van der Waals surface area contributed by atoms with Crippen molar-refractivity contribution in [3.05, 3.63) is 36.4 Å². The number of benzene rings is 1. The first-order chi connectivity index (χ1) is 7.99. The Morgan fingerprint density at radius 2 is 2.12 bits per heavy atom. The Bertz CT molecular complexity index is 450. The molecule has 1 aromatic rings. The number of carbonyl (C=O) groups excluding carboxylic acids is 2. The molecule has 1 aromatic carbocycles. The fourth-order valence-corrected chi connectivity index (χ4v) is 0.956. The minimum atomic E-state index is -0.731. The standard InChI is InChI=1S/C12H12O5/c1-8(2)12(15)16-7-11(14)17-10-5-3-4-9(13)6-10/h3-6,13H,1,7H2,2H3. The van der Waals surface area contributed by atoms with E-state index in [4.69, 9.17) is 9.84 Å². The van der Waals surface area contributed by atoms with Gasteiger partial charge < -0.3 is 14.6 Å². The summed E-state index contributed by atoms with van der Waals surface area (Å²) in [5.41, 5.74) is 0.204. The van der Waals surface area contributed by atoms with Crippen LogP contribution in [0.3, 0.4) is 0 Å². The van der Waals surface area contributed by atoms with Gasteiger partial charge in [-0.3, -0.25) is 0 Å². The van der Waals surface area contributed by atoms with E-state index in [0.29, 0.717) is 0 Å². The molecular weight excluding hydrogens is 224 g/mol. The summed E-state index contributed by atoms with van der Waals surface area (Å²) in [6, 6.07) is 5.74. The zero-order valence-electron chi connectivity index (χ0n) is 9.30. The summed E-state index contributed by atoms with van der Waals surface area (Å²) in [5, 5.41) is 9.13. The lowest BCUT2D eigenvalue weighted by Gasteiger charge is -2.05. The first kappa shape index (κ1) is 12.8. The maximum absolute atomic E-state index is 11.2. The van der Waals surface area contributed by atoms with Gasteiger partial charge in [0, 0.05) is 11.6 Å². The second kappa shape index (κ2) is 5.69. The Kier molecular flexibility index (Phi) is 4.28. The van der Waals surface area contributed by atoms with E-state index in [1.807, 2.05) is 0 Å². The molecule has 5 nitrogen and oxygen atoms in total. The molecule has 0 fully saturated rings. The highest BCUT2D eigenvalue weighted by atomic mass is 16.6. The normalized spacial score (nSPS) is 9.47. The lowest BCUT2D eigenvalue weighted by Crippen LogP contribution is -2.18. The number of hydrogen-bond acceptors (Lipinski definition) is 5. The van der Waals surface area contributed by atoms with Gasteiger partial charge in [-0.05, 0) is 19.1 Å². The van der Waals surface area contributed by atoms with Crippen molar-refractivity contribution in [2.45, 2.75) is 6.92 Å². The number of phenolic OH excluding ortho intramolecular Hbond substituents is 1. The predicted molar refractivity (Wildman–Crippen MR) is 59.5 cm³/mol. The molecule has 0 aliphatic heterocycles. The first-order valence-electron chi connectivity index (χ1n) is 4.81. The largest absolute Gasteiger partial charge is 0.508 e. The average molecular weight is 236 g/mol. The summed E-state index contributed by atoms with van der Waals surface area (Å²) in [6.45, 7) is 4.35. The Hall–Kier alpha value is -2.30. The predicted octanol–water partition coefficient (Wildman–Crippen LogP) is 1.42. The molecule has 5 heteroatoms. The van der Waals surface area contributed by atoms with Crippen molar-refractivity contribution in [3.63, 3.8) is 0 Å². The van der Waals surface area contributed by atoms with E-state index in [9.17, 15) is 9.59 Å². The Morgan fingerprint density at radius 3 is 2.71 bits per heavy atom. The summed E-state index contributed by atoms with van der Waals surface area (Å²) in [5.74, 6) is -1.22. The topological polar surface area (TPSA) is 72.8 Å². The van der Waals surface area contributed by atoms with Crippen LogP contribution in [-0.2, 0) is 14.3 Å². The lowest BCUT2D eigenvalue weighted by molar-refractivity contribution is -0.150. The third-order valence-corrected chi connectivity index (χ3v) is 1.72. The molecule has 17 heavy (non-hydrogen) atoms. The van der Waals surface area contributed by atoms with Crippen LogP contribution >= 0.6 is 0 Å². The number of hydrogen-bond donors (Lipinski definition) is 1. The van der Waals surface area contributed by atoms with Crippen LogP contribution in [0.25, 0.3) is 0 Å². The zero-order valence-corrected chi connectivity index (χ0v) is 9.30. The summed E-state index contributed by atoms with van der Waals surface area (Å²) in [7, 11) is 0. The van der Waals surface area contributed by atoms with Crippen LogP contribution in [0, 0.1) is 0 Å². The zero-order chi connectivity index (χ0) is 12.8. The summed E-state index contributed by atoms with van der Waals surface area (Å²) in [6.07, 6.45) is 0. The first-order valence-corrected chi connectivity index (χ1v) is 4.81. The van der Waals surface area contributed by atoms with Gasteiger partial charge in [-0.1, -0.05) is 12.6 Å². The van der Waals surface area contributed by atoms with Crippen LogP contribution in [0.2, 0.25) is 0 Å². The fraction of sp³-hybridized carbons (Fsp3) is 0.167. The van der Waals surface area contributed by atoms with Crippen LogP contribution in [0.4, 0.5) is 0 Å². The fourth-order valence-electron chi connectivity index (χ4n) is 0.956. The maximum atomic E-state index is 11.2. The van der Waals surface area contributed by atoms with Gasteiger partial charge >= 0.3 is 11.9 Å². The molecular formula is C12H12O5. The number of carbonyl (C=O) groups is 2. The van der Waals surface area contributed by atoms with Crippen LogP contribution in [0.5, 0.6) is 11.5 Å². The van der Waals surface area contributed by atoms with E-state index < -0.39 is 18.5 Å². The van der Waals surface area contributed by atoms with Gasteiger partial charge in [-0.25, -0.2) is 9.59 Å². The van der Waals surface area contributed by atoms with Gasteiger partial charge in [0.1, 0.15) is 11.5 Å². The van der Waals surface area contributed by atoms with Crippen molar-refractivity contribution in [2.24, 2.45) is 0 Å². The second-order valence-electron chi connectivity index (χ2n) is 3.33. The number of ether oxygens (including phenoxy) is 2. The van der Waals surface area contributed by atoms with Gasteiger partial charge in [0.05, 0.1) is 0 Å². The third kappa shape index (κ3) is 4.38. The molecule has 0 aliphatic carbocycles. The van der Waals surface area contributed by atoms with Crippen molar-refractivity contribution in [1.29, 1.82) is 0 Å². The van der Waals surface area contributed by atoms with Crippen molar-refractivity contribution in [2.75, 3.05) is 6.61 Å². The van der Waals surface area contributed by atoms with Crippen LogP contribution in [0.15, 0.2) is 36.4 Å². The molecule has 0 atom stereocenters. The van der Waals surface area contributed by atoms with E-state index in [0.717, 1.165) is 0 Å². The maximum Gasteiger partial charge on any atom is 0.349 e. The molecule has 1 rings (SSSR count). The Labute approximate surface area is 98.3 Å². The van der Waals surface area contributed by atoms with Crippen LogP contribution < -0.4 is 4.74 Å². The van der Waals surface area contributed by atoms with E-state index in [2.05, 4.69) is 11.3 Å². The van der Waals surface area contributed by atoms with Crippen LogP contribution in [0.1, 0.15) is 6.92 Å². The van der Waals surface area contributed by atoms with Gasteiger partial charge in [0.25, 0.3) is 0 Å². The number of phenols is 1. The SMILES string of the molecule is C=C(C)C(=O)OCC(=O)Oc1cccc(O)c1. The number of aromatic hydroxyl groups is 1. The minimum absolute atomic E-state index is 0.0192. The number of rotatable bonds is 4. The molecule has 0 aliphatic rings. The smallest absolute Gasteiger partial charge is 0.349 e. The Balaban J connectivity index is 2.45. The van der Waals surface area contributed by atoms with Gasteiger partial charge in [-0.2, -0.15) is 0 Å². The van der Waals surface area contributed by atoms with Crippen LogP contribution in [-0.4, -0.2) is 23.7 Å². The molecule has 0 aromatic heterocycles. The lowest BCUT2D eigenvalue weighted by atomic mass is 10.3. The molecule has 0 bridgehead atoms. The molecule has 0 heterocycles. The van der Waals surface area contributed by atoms with E-state index >= 15 is 0 Å². The second-order valence-corrected chi connectivity index (χ2v) is 3.33. The number of esters is 2. The van der Waals surface area contributed by atoms with Gasteiger partial charge in [-0.15, -0.1) is 0 Å². The van der Waals surface area contributed by atoms with Gasteiger partial charge in [0.2, 0.25) is 0 Å². The quantitative estimate of drug-likeness (QED) is 0.486. The van der Waals surface area contributed by atoms with E-state index in [-0.39, 0.29) is 17.1 Å². The third-order valence-electron chi connectivity index (χ3n) is 1.72. The monoisotopic (exact) mass is 236 g/mol. The molecule has 1 N–H and O–H groups in total. The Morgan fingerprint density at radius 1 is 1.41 bits per heavy atom. The highest BCUT2D eigenvalue weighted by molar-refractivity contribution is 5.88. The summed E-state index contributed by atoms with van der Waals surface area (Å²) >= 11 is 0. The van der Waals surface area contributed by atoms with Gasteiger partial charge in [0.15, 0.2) is 6.61 Å². The van der Waals surface area contributed by atoms with Crippen molar-refractivity contribution in [1.82, 2.24) is 0 Å². The average Bonchev–Trinajstić information content (AvgIpc) is 2.25. The van der Waals surface area contributed by atoms with E-state index in [1.54, 1.807) is 0 Å². The highest BCUT2D eigenvalue weighted by Crippen LogP contribution is 2.17.